The van der Waals surface area contributed by atoms with Crippen LogP contribution in [-0.4, -0.2) is 19.5 Å². The number of hydrogen-bond acceptors (Lipinski definition) is 3. The molecule has 9 rings (SSSR count). The highest BCUT2D eigenvalue weighted by atomic mass is 19.1. The Morgan fingerprint density at radius 2 is 1.02 bits per heavy atom. The van der Waals surface area contributed by atoms with Crippen molar-refractivity contribution in [3.8, 4) is 62.1 Å². The van der Waals surface area contributed by atoms with Gasteiger partial charge in [-0.15, -0.1) is 0 Å². The van der Waals surface area contributed by atoms with Crippen molar-refractivity contribution in [3.63, 3.8) is 0 Å². The topological polar surface area (TPSA) is 43.6 Å². The highest BCUT2D eigenvalue weighted by molar-refractivity contribution is 6.10. The number of aryl methyl sites for hydroxylation is 1. The normalized spacial score (nSPS) is 11.3. The fraction of sp³-hybridized carbons (Fsp3) is 0.0217. The Bertz CT molecular complexity index is 2640. The first-order valence-electron chi connectivity index (χ1n) is 17.0. The molecule has 0 fully saturated rings. The van der Waals surface area contributed by atoms with Gasteiger partial charge in [0.05, 0.1) is 11.0 Å². The number of halogens is 1. The van der Waals surface area contributed by atoms with Gasteiger partial charge in [0.25, 0.3) is 0 Å². The van der Waals surface area contributed by atoms with Crippen LogP contribution in [0, 0.1) is 12.7 Å². The van der Waals surface area contributed by atoms with Gasteiger partial charge in [0.15, 0.2) is 17.5 Å². The molecule has 9 aromatic rings. The third-order valence-electron chi connectivity index (χ3n) is 9.39. The third-order valence-corrected chi connectivity index (χ3v) is 9.39. The summed E-state index contributed by atoms with van der Waals surface area (Å²) in [7, 11) is 0. The molecule has 2 heterocycles. The van der Waals surface area contributed by atoms with E-state index in [2.05, 4.69) is 96.4 Å². The number of benzene rings is 7. The molecule has 0 spiro atoms. The molecule has 0 unspecified atom stereocenters. The lowest BCUT2D eigenvalue weighted by molar-refractivity contribution is 0.628. The van der Waals surface area contributed by atoms with Crippen LogP contribution in [-0.2, 0) is 0 Å². The summed E-state index contributed by atoms with van der Waals surface area (Å²) < 4.78 is 17.0. The zero-order valence-electron chi connectivity index (χ0n) is 27.8. The minimum absolute atomic E-state index is 0.306. The Labute approximate surface area is 295 Å². The first-order chi connectivity index (χ1) is 25.1. The van der Waals surface area contributed by atoms with Crippen LogP contribution in [0.1, 0.15) is 5.56 Å². The van der Waals surface area contributed by atoms with Crippen LogP contribution in [0.5, 0.6) is 0 Å². The van der Waals surface area contributed by atoms with E-state index < -0.39 is 0 Å². The number of para-hydroxylation sites is 1. The second-order valence-electron chi connectivity index (χ2n) is 12.7. The molecule has 0 aliphatic heterocycles. The van der Waals surface area contributed by atoms with Gasteiger partial charge in [0.2, 0.25) is 0 Å². The van der Waals surface area contributed by atoms with E-state index in [4.69, 9.17) is 15.0 Å². The standard InChI is InChI=1S/C46H31FN4/c1-30-19-21-31(22-20-30)34-23-26-43-40(28-34)39-17-8-9-18-42(39)51(43)37-24-25-38(35-15-10-16-36(47)27-35)41(29-37)46-49-44(32-11-4-2-5-12-32)48-45(50-46)33-13-6-3-7-14-33/h2-29H,1H3. The largest absolute Gasteiger partial charge is 0.309 e. The van der Waals surface area contributed by atoms with Crippen molar-refractivity contribution < 1.29 is 4.39 Å². The van der Waals surface area contributed by atoms with E-state index in [9.17, 15) is 4.39 Å². The molecule has 0 saturated heterocycles. The minimum Gasteiger partial charge on any atom is -0.309 e. The Morgan fingerprint density at radius 3 is 1.73 bits per heavy atom. The van der Waals surface area contributed by atoms with Gasteiger partial charge in [-0.05, 0) is 71.6 Å². The third kappa shape index (κ3) is 5.65. The van der Waals surface area contributed by atoms with Gasteiger partial charge in [-0.3, -0.25) is 0 Å². The number of hydrogen-bond donors (Lipinski definition) is 0. The predicted octanol–water partition coefficient (Wildman–Crippen LogP) is 11.8. The van der Waals surface area contributed by atoms with Crippen molar-refractivity contribution in [2.45, 2.75) is 6.92 Å². The smallest absolute Gasteiger partial charge is 0.164 e. The monoisotopic (exact) mass is 658 g/mol. The van der Waals surface area contributed by atoms with Crippen molar-refractivity contribution in [3.05, 3.63) is 181 Å². The van der Waals surface area contributed by atoms with Crippen molar-refractivity contribution in [1.29, 1.82) is 0 Å². The Hall–Kier alpha value is -6.72. The van der Waals surface area contributed by atoms with E-state index >= 15 is 0 Å². The summed E-state index contributed by atoms with van der Waals surface area (Å²) in [4.78, 5) is 15.1. The van der Waals surface area contributed by atoms with Crippen LogP contribution in [0.4, 0.5) is 4.39 Å². The Balaban J connectivity index is 1.30. The number of aromatic nitrogens is 4. The molecule has 0 aliphatic carbocycles. The minimum atomic E-state index is -0.306. The molecule has 51 heavy (non-hydrogen) atoms. The zero-order chi connectivity index (χ0) is 34.3. The van der Waals surface area contributed by atoms with Crippen molar-refractivity contribution >= 4 is 21.8 Å². The maximum atomic E-state index is 14.7. The Morgan fingerprint density at radius 1 is 0.412 bits per heavy atom. The van der Waals surface area contributed by atoms with Crippen LogP contribution >= 0.6 is 0 Å². The van der Waals surface area contributed by atoms with Gasteiger partial charge in [-0.1, -0.05) is 133 Å². The fourth-order valence-electron chi connectivity index (χ4n) is 6.87. The number of nitrogens with zero attached hydrogens (tertiary/aromatic N) is 4. The van der Waals surface area contributed by atoms with Crippen molar-refractivity contribution in [2.75, 3.05) is 0 Å². The molecule has 0 N–H and O–H groups in total. The Kier molecular flexibility index (Phi) is 7.51. The molecule has 0 radical (unpaired) electrons. The summed E-state index contributed by atoms with van der Waals surface area (Å²) in [6.07, 6.45) is 0. The highest BCUT2D eigenvalue weighted by Gasteiger charge is 2.19. The quantitative estimate of drug-likeness (QED) is 0.179. The highest BCUT2D eigenvalue weighted by Crippen LogP contribution is 2.39. The van der Waals surface area contributed by atoms with E-state index in [0.29, 0.717) is 17.5 Å². The zero-order valence-corrected chi connectivity index (χ0v) is 27.8. The molecule has 0 aliphatic rings. The van der Waals surface area contributed by atoms with E-state index in [1.807, 2.05) is 66.7 Å². The molecule has 0 atom stereocenters. The summed E-state index contributed by atoms with van der Waals surface area (Å²) in [5.74, 6) is 1.33. The van der Waals surface area contributed by atoms with E-state index in [0.717, 1.165) is 55.3 Å². The summed E-state index contributed by atoms with van der Waals surface area (Å²) in [5.41, 5.74) is 10.8. The predicted molar refractivity (Wildman–Crippen MR) is 206 cm³/mol. The van der Waals surface area contributed by atoms with E-state index in [-0.39, 0.29) is 5.82 Å². The summed E-state index contributed by atoms with van der Waals surface area (Å²) >= 11 is 0. The second kappa shape index (κ2) is 12.6. The van der Waals surface area contributed by atoms with Gasteiger partial charge in [-0.2, -0.15) is 0 Å². The van der Waals surface area contributed by atoms with Crippen molar-refractivity contribution in [1.82, 2.24) is 19.5 Å². The summed E-state index contributed by atoms with van der Waals surface area (Å²) in [5, 5.41) is 2.33. The lowest BCUT2D eigenvalue weighted by Crippen LogP contribution is -2.02. The van der Waals surface area contributed by atoms with Crippen molar-refractivity contribution in [2.24, 2.45) is 0 Å². The lowest BCUT2D eigenvalue weighted by atomic mass is 9.98. The molecule has 0 bridgehead atoms. The molecule has 7 aromatic carbocycles. The number of fused-ring (bicyclic) bond motifs is 3. The molecular weight excluding hydrogens is 628 g/mol. The average molecular weight is 659 g/mol. The van der Waals surface area contributed by atoms with Crippen LogP contribution < -0.4 is 0 Å². The van der Waals surface area contributed by atoms with Gasteiger partial charge in [0, 0.05) is 33.2 Å². The maximum absolute atomic E-state index is 14.7. The van der Waals surface area contributed by atoms with Crippen LogP contribution in [0.15, 0.2) is 170 Å². The SMILES string of the molecule is Cc1ccc(-c2ccc3c(c2)c2ccccc2n3-c2ccc(-c3cccc(F)c3)c(-c3nc(-c4ccccc4)nc(-c4ccccc4)n3)c2)cc1. The molecule has 4 nitrogen and oxygen atoms in total. The first kappa shape index (κ1) is 30.3. The van der Waals surface area contributed by atoms with E-state index in [1.54, 1.807) is 12.1 Å². The fourth-order valence-corrected chi connectivity index (χ4v) is 6.87. The molecule has 5 heteroatoms. The number of rotatable bonds is 6. The van der Waals surface area contributed by atoms with Gasteiger partial charge in [-0.25, -0.2) is 19.3 Å². The van der Waals surface area contributed by atoms with Gasteiger partial charge >= 0.3 is 0 Å². The molecule has 0 amide bonds. The maximum Gasteiger partial charge on any atom is 0.164 e. The molecule has 0 saturated carbocycles. The van der Waals surface area contributed by atoms with Crippen LogP contribution in [0.25, 0.3) is 83.9 Å². The summed E-state index contributed by atoms with van der Waals surface area (Å²) in [6, 6.07) is 56.7. The second-order valence-corrected chi connectivity index (χ2v) is 12.7. The first-order valence-corrected chi connectivity index (χ1v) is 17.0. The lowest BCUT2D eigenvalue weighted by Gasteiger charge is -2.15. The average Bonchev–Trinajstić information content (AvgIpc) is 3.52. The van der Waals surface area contributed by atoms with Gasteiger partial charge in [0.1, 0.15) is 5.82 Å². The van der Waals surface area contributed by atoms with E-state index in [1.165, 1.54) is 22.8 Å². The molecule has 2 aromatic heterocycles. The summed E-state index contributed by atoms with van der Waals surface area (Å²) in [6.45, 7) is 2.11. The van der Waals surface area contributed by atoms with Crippen LogP contribution in [0.3, 0.4) is 0 Å². The van der Waals surface area contributed by atoms with Crippen LogP contribution in [0.2, 0.25) is 0 Å². The molecular formula is C46H31FN4. The molecule has 242 valence electrons. The van der Waals surface area contributed by atoms with Gasteiger partial charge < -0.3 is 4.57 Å².